The first-order valence-corrected chi connectivity index (χ1v) is 8.26. The van der Waals surface area contributed by atoms with Crippen molar-refractivity contribution in [3.8, 4) is 0 Å². The SMILES string of the molecule is Cc1cc(C)c(N2C=CN(C3=N[C@@H](C(C)(C)C)CO3)C2)c(C)c1. The van der Waals surface area contributed by atoms with Crippen molar-refractivity contribution < 1.29 is 4.74 Å². The second-order valence-corrected chi connectivity index (χ2v) is 7.73. The molecule has 124 valence electrons. The highest BCUT2D eigenvalue weighted by atomic mass is 16.5. The summed E-state index contributed by atoms with van der Waals surface area (Å²) in [6, 6.07) is 5.43. The first-order valence-electron chi connectivity index (χ1n) is 8.26. The Morgan fingerprint density at radius 3 is 2.22 bits per heavy atom. The van der Waals surface area contributed by atoms with Gasteiger partial charge in [0, 0.05) is 18.1 Å². The second kappa shape index (κ2) is 5.59. The fourth-order valence-electron chi connectivity index (χ4n) is 3.28. The third-order valence-electron chi connectivity index (χ3n) is 4.54. The second-order valence-electron chi connectivity index (χ2n) is 7.73. The van der Waals surface area contributed by atoms with Gasteiger partial charge in [-0.25, -0.2) is 4.99 Å². The Labute approximate surface area is 139 Å². The minimum atomic E-state index is 0.134. The molecule has 0 bridgehead atoms. The number of rotatable bonds is 1. The van der Waals surface area contributed by atoms with Crippen LogP contribution in [0.25, 0.3) is 0 Å². The van der Waals surface area contributed by atoms with E-state index in [1.807, 2.05) is 0 Å². The molecule has 4 nitrogen and oxygen atoms in total. The summed E-state index contributed by atoms with van der Waals surface area (Å²) < 4.78 is 5.84. The van der Waals surface area contributed by atoms with E-state index < -0.39 is 0 Å². The third kappa shape index (κ3) is 3.07. The monoisotopic (exact) mass is 313 g/mol. The lowest BCUT2D eigenvalue weighted by atomic mass is 9.88. The predicted molar refractivity (Wildman–Crippen MR) is 95.6 cm³/mol. The van der Waals surface area contributed by atoms with Crippen LogP contribution in [0.4, 0.5) is 5.69 Å². The normalized spacial score (nSPS) is 21.0. The average Bonchev–Trinajstić information content (AvgIpc) is 3.04. The molecule has 2 heterocycles. The Bertz CT molecular complexity index is 647. The maximum Gasteiger partial charge on any atom is 0.293 e. The van der Waals surface area contributed by atoms with E-state index in [1.54, 1.807) is 0 Å². The van der Waals surface area contributed by atoms with E-state index in [4.69, 9.17) is 9.73 Å². The van der Waals surface area contributed by atoms with Crippen LogP contribution in [0.3, 0.4) is 0 Å². The van der Waals surface area contributed by atoms with Gasteiger partial charge in [0.2, 0.25) is 0 Å². The van der Waals surface area contributed by atoms with Crippen LogP contribution >= 0.6 is 0 Å². The Kier molecular flexibility index (Phi) is 3.86. The zero-order valence-corrected chi connectivity index (χ0v) is 15.1. The van der Waals surface area contributed by atoms with Gasteiger partial charge in [-0.15, -0.1) is 0 Å². The smallest absolute Gasteiger partial charge is 0.293 e. The maximum atomic E-state index is 5.84. The first-order chi connectivity index (χ1) is 10.8. The number of anilines is 1. The molecule has 23 heavy (non-hydrogen) atoms. The molecule has 0 saturated carbocycles. The maximum absolute atomic E-state index is 5.84. The Balaban J connectivity index is 1.77. The van der Waals surface area contributed by atoms with Gasteiger partial charge in [-0.05, 0) is 37.3 Å². The molecule has 0 saturated heterocycles. The lowest BCUT2D eigenvalue weighted by molar-refractivity contribution is 0.221. The number of amidine groups is 1. The molecule has 1 aromatic carbocycles. The highest BCUT2D eigenvalue weighted by Crippen LogP contribution is 2.31. The van der Waals surface area contributed by atoms with Gasteiger partial charge in [0.15, 0.2) is 0 Å². The molecule has 4 heteroatoms. The summed E-state index contributed by atoms with van der Waals surface area (Å²) >= 11 is 0. The van der Waals surface area contributed by atoms with Crippen molar-refractivity contribution >= 4 is 11.7 Å². The molecule has 1 atom stereocenters. The fraction of sp³-hybridized carbons (Fsp3) is 0.526. The van der Waals surface area contributed by atoms with Crippen LogP contribution in [0.1, 0.15) is 37.5 Å². The molecular weight excluding hydrogens is 286 g/mol. The lowest BCUT2D eigenvalue weighted by Gasteiger charge is -2.24. The van der Waals surface area contributed by atoms with Crippen molar-refractivity contribution in [2.75, 3.05) is 18.2 Å². The van der Waals surface area contributed by atoms with Crippen LogP contribution in [0, 0.1) is 26.2 Å². The van der Waals surface area contributed by atoms with E-state index in [2.05, 4.69) is 75.9 Å². The van der Waals surface area contributed by atoms with Gasteiger partial charge in [0.1, 0.15) is 13.3 Å². The van der Waals surface area contributed by atoms with E-state index in [0.717, 1.165) is 12.7 Å². The zero-order valence-electron chi connectivity index (χ0n) is 15.1. The van der Waals surface area contributed by atoms with Gasteiger partial charge < -0.3 is 9.64 Å². The summed E-state index contributed by atoms with van der Waals surface area (Å²) in [4.78, 5) is 9.12. The Morgan fingerprint density at radius 1 is 1.04 bits per heavy atom. The van der Waals surface area contributed by atoms with Gasteiger partial charge in [0.05, 0.1) is 6.04 Å². The van der Waals surface area contributed by atoms with Crippen LogP contribution in [0.15, 0.2) is 29.5 Å². The summed E-state index contributed by atoms with van der Waals surface area (Å²) in [5.41, 5.74) is 5.32. The summed E-state index contributed by atoms with van der Waals surface area (Å²) in [5.74, 6) is 0. The zero-order chi connectivity index (χ0) is 16.8. The van der Waals surface area contributed by atoms with Crippen molar-refractivity contribution in [3.05, 3.63) is 41.2 Å². The first kappa shape index (κ1) is 15.9. The number of ether oxygens (including phenoxy) is 1. The number of benzene rings is 1. The molecular formula is C19H27N3O. The minimum Gasteiger partial charge on any atom is -0.463 e. The fourth-order valence-corrected chi connectivity index (χ4v) is 3.28. The van der Waals surface area contributed by atoms with Gasteiger partial charge in [-0.1, -0.05) is 38.5 Å². The van der Waals surface area contributed by atoms with Gasteiger partial charge in [0.25, 0.3) is 6.02 Å². The largest absolute Gasteiger partial charge is 0.463 e. The molecule has 0 unspecified atom stereocenters. The van der Waals surface area contributed by atoms with Gasteiger partial charge in [-0.3, -0.25) is 4.90 Å². The van der Waals surface area contributed by atoms with Crippen molar-refractivity contribution in [1.29, 1.82) is 0 Å². The lowest BCUT2D eigenvalue weighted by Crippen LogP contribution is -2.31. The van der Waals surface area contributed by atoms with Crippen molar-refractivity contribution in [1.82, 2.24) is 4.90 Å². The molecule has 3 rings (SSSR count). The molecule has 0 aliphatic carbocycles. The van der Waals surface area contributed by atoms with E-state index in [-0.39, 0.29) is 11.5 Å². The van der Waals surface area contributed by atoms with Crippen LogP contribution in [-0.2, 0) is 4.74 Å². The predicted octanol–water partition coefficient (Wildman–Crippen LogP) is 3.96. The summed E-state index contributed by atoms with van der Waals surface area (Å²) in [6.07, 6.45) is 4.17. The van der Waals surface area contributed by atoms with E-state index in [1.165, 1.54) is 22.4 Å². The molecule has 0 amide bonds. The molecule has 0 fully saturated rings. The molecule has 0 radical (unpaired) electrons. The van der Waals surface area contributed by atoms with Gasteiger partial charge >= 0.3 is 0 Å². The van der Waals surface area contributed by atoms with E-state index in [9.17, 15) is 0 Å². The summed E-state index contributed by atoms with van der Waals surface area (Å²) in [5, 5.41) is 0. The standard InChI is InChI=1S/C19H27N3O/c1-13-9-14(2)17(15(3)10-13)21-7-8-22(12-21)18-20-16(11-23-18)19(4,5)6/h7-10,16H,11-12H2,1-6H3/t16-/m1/s1. The van der Waals surface area contributed by atoms with Crippen molar-refractivity contribution in [2.45, 2.75) is 47.6 Å². The third-order valence-corrected chi connectivity index (χ3v) is 4.54. The van der Waals surface area contributed by atoms with Crippen molar-refractivity contribution in [3.63, 3.8) is 0 Å². The number of hydrogen-bond acceptors (Lipinski definition) is 4. The van der Waals surface area contributed by atoms with Gasteiger partial charge in [-0.2, -0.15) is 0 Å². The van der Waals surface area contributed by atoms with Crippen LogP contribution < -0.4 is 4.90 Å². The Morgan fingerprint density at radius 2 is 1.65 bits per heavy atom. The Hall–Kier alpha value is -1.97. The number of aryl methyl sites for hydroxylation is 3. The minimum absolute atomic E-state index is 0.134. The van der Waals surface area contributed by atoms with Crippen LogP contribution in [0.2, 0.25) is 0 Å². The molecule has 2 aliphatic heterocycles. The van der Waals surface area contributed by atoms with Crippen molar-refractivity contribution in [2.24, 2.45) is 10.4 Å². The van der Waals surface area contributed by atoms with Crippen LogP contribution in [-0.4, -0.2) is 30.2 Å². The number of aliphatic imine (C=N–C) groups is 1. The van der Waals surface area contributed by atoms with Crippen LogP contribution in [0.5, 0.6) is 0 Å². The quantitative estimate of drug-likeness (QED) is 0.785. The highest BCUT2D eigenvalue weighted by molar-refractivity contribution is 5.78. The molecule has 1 aromatic rings. The van der Waals surface area contributed by atoms with E-state index >= 15 is 0 Å². The highest BCUT2D eigenvalue weighted by Gasteiger charge is 2.33. The summed E-state index contributed by atoms with van der Waals surface area (Å²) in [6.45, 7) is 14.5. The number of nitrogens with zero attached hydrogens (tertiary/aromatic N) is 3. The topological polar surface area (TPSA) is 28.1 Å². The molecule has 0 spiro atoms. The summed E-state index contributed by atoms with van der Waals surface area (Å²) in [7, 11) is 0. The molecule has 0 N–H and O–H groups in total. The molecule has 2 aliphatic rings. The van der Waals surface area contributed by atoms with E-state index in [0.29, 0.717) is 6.61 Å². The average molecular weight is 313 g/mol. The molecule has 0 aromatic heterocycles. The number of hydrogen-bond donors (Lipinski definition) is 0.